The lowest BCUT2D eigenvalue weighted by molar-refractivity contribution is -0.118. The van der Waals surface area contributed by atoms with E-state index in [1.807, 2.05) is 53.9 Å². The van der Waals surface area contributed by atoms with Gasteiger partial charge in [0, 0.05) is 11.1 Å². The van der Waals surface area contributed by atoms with Crippen LogP contribution in [0.2, 0.25) is 0 Å². The summed E-state index contributed by atoms with van der Waals surface area (Å²) in [5.74, 6) is 0.725. The van der Waals surface area contributed by atoms with Gasteiger partial charge < -0.3 is 10.3 Å². The monoisotopic (exact) mass is 376 g/mol. The van der Waals surface area contributed by atoms with Crippen LogP contribution in [-0.4, -0.2) is 20.9 Å². The van der Waals surface area contributed by atoms with Gasteiger partial charge in [0.15, 0.2) is 5.82 Å². The molecule has 6 heteroatoms. The van der Waals surface area contributed by atoms with E-state index in [-0.39, 0.29) is 17.7 Å². The van der Waals surface area contributed by atoms with Crippen molar-refractivity contribution in [3.63, 3.8) is 0 Å². The van der Waals surface area contributed by atoms with E-state index in [9.17, 15) is 4.79 Å². The molecule has 1 atom stereocenters. The fourth-order valence-corrected chi connectivity index (χ4v) is 3.79. The normalized spacial score (nSPS) is 12.4. The van der Waals surface area contributed by atoms with Crippen molar-refractivity contribution in [1.29, 1.82) is 0 Å². The summed E-state index contributed by atoms with van der Waals surface area (Å²) in [7, 11) is 0. The Bertz CT molecular complexity index is 1050. The predicted molar refractivity (Wildman–Crippen MR) is 110 cm³/mol. The molecule has 0 fully saturated rings. The van der Waals surface area contributed by atoms with E-state index in [1.54, 1.807) is 5.51 Å². The molecule has 0 aliphatic rings. The lowest BCUT2D eigenvalue weighted by Crippen LogP contribution is -2.25. The highest BCUT2D eigenvalue weighted by molar-refractivity contribution is 7.07. The van der Waals surface area contributed by atoms with E-state index in [2.05, 4.69) is 34.1 Å². The average molecular weight is 376 g/mol. The molecule has 2 aromatic heterocycles. The lowest BCUT2D eigenvalue weighted by atomic mass is 9.87. The molecule has 0 aliphatic heterocycles. The number of carbonyl (C=O) groups excluding carboxylic acids is 1. The van der Waals surface area contributed by atoms with Gasteiger partial charge in [-0.25, -0.2) is 9.97 Å². The topological polar surface area (TPSA) is 70.7 Å². The van der Waals surface area contributed by atoms with E-state index in [4.69, 9.17) is 0 Å². The van der Waals surface area contributed by atoms with Crippen LogP contribution in [0, 0.1) is 5.92 Å². The minimum absolute atomic E-state index is 0.00482. The van der Waals surface area contributed by atoms with Gasteiger partial charge in [-0.1, -0.05) is 44.2 Å². The number of nitrogens with zero attached hydrogens (tertiary/aromatic N) is 2. The zero-order valence-electron chi connectivity index (χ0n) is 15.1. The fraction of sp³-hybridized carbons (Fsp3) is 0.190. The van der Waals surface area contributed by atoms with E-state index in [1.165, 1.54) is 11.3 Å². The summed E-state index contributed by atoms with van der Waals surface area (Å²) in [4.78, 5) is 25.1. The number of thiazole rings is 1. The van der Waals surface area contributed by atoms with Crippen LogP contribution in [0.15, 0.2) is 59.4 Å². The quantitative estimate of drug-likeness (QED) is 0.511. The summed E-state index contributed by atoms with van der Waals surface area (Å²) in [6, 6.07) is 15.6. The second-order valence-electron chi connectivity index (χ2n) is 6.81. The molecule has 0 saturated carbocycles. The maximum Gasteiger partial charge on any atom is 0.232 e. The molecule has 0 aliphatic carbocycles. The molecule has 2 heterocycles. The maximum atomic E-state index is 12.9. The first-order valence-electron chi connectivity index (χ1n) is 8.86. The number of amides is 1. The standard InChI is InChI=1S/C21H20N4OS/c1-13(2)19(14-6-4-3-5-7-14)21(26)23-15-8-9-16-17(10-15)25-20(24-16)18-11-27-12-22-18/h3-13,19H,1-2H3,(H,23,26)(H,24,25)/t19-/m0/s1. The summed E-state index contributed by atoms with van der Waals surface area (Å²) >= 11 is 1.53. The summed E-state index contributed by atoms with van der Waals surface area (Å²) in [5, 5.41) is 5.01. The van der Waals surface area contributed by atoms with Gasteiger partial charge in [0.05, 0.1) is 22.5 Å². The molecule has 0 saturated heterocycles. The summed E-state index contributed by atoms with van der Waals surface area (Å²) in [6.45, 7) is 4.13. The van der Waals surface area contributed by atoms with E-state index >= 15 is 0 Å². The number of anilines is 1. The van der Waals surface area contributed by atoms with Gasteiger partial charge in [-0.15, -0.1) is 11.3 Å². The maximum absolute atomic E-state index is 12.9. The molecular formula is C21H20N4OS. The van der Waals surface area contributed by atoms with Crippen molar-refractivity contribution in [1.82, 2.24) is 15.0 Å². The Morgan fingerprint density at radius 1 is 1.15 bits per heavy atom. The molecule has 2 aromatic carbocycles. The molecule has 0 radical (unpaired) electrons. The van der Waals surface area contributed by atoms with Crippen LogP contribution in [0.4, 0.5) is 5.69 Å². The molecule has 0 unspecified atom stereocenters. The van der Waals surface area contributed by atoms with Crippen LogP contribution in [0.5, 0.6) is 0 Å². The van der Waals surface area contributed by atoms with Crippen molar-refractivity contribution >= 4 is 34.0 Å². The lowest BCUT2D eigenvalue weighted by Gasteiger charge is -2.20. The van der Waals surface area contributed by atoms with Crippen molar-refractivity contribution in [2.45, 2.75) is 19.8 Å². The number of imidazole rings is 1. The minimum atomic E-state index is -0.200. The van der Waals surface area contributed by atoms with Crippen molar-refractivity contribution in [3.8, 4) is 11.5 Å². The third-order valence-electron chi connectivity index (χ3n) is 4.53. The number of benzene rings is 2. The molecular weight excluding hydrogens is 356 g/mol. The SMILES string of the molecule is CC(C)[C@H](C(=O)Nc1ccc2nc(-c3cscn3)[nH]c2c1)c1ccccc1. The highest BCUT2D eigenvalue weighted by atomic mass is 32.1. The van der Waals surface area contributed by atoms with Crippen LogP contribution in [0.3, 0.4) is 0 Å². The molecule has 2 N–H and O–H groups in total. The summed E-state index contributed by atoms with van der Waals surface area (Å²) in [6.07, 6.45) is 0. The first-order chi connectivity index (χ1) is 13.1. The molecule has 0 bridgehead atoms. The van der Waals surface area contributed by atoms with Gasteiger partial charge in [-0.3, -0.25) is 4.79 Å². The highest BCUT2D eigenvalue weighted by Crippen LogP contribution is 2.27. The highest BCUT2D eigenvalue weighted by Gasteiger charge is 2.24. The number of carbonyl (C=O) groups is 1. The number of rotatable bonds is 5. The molecule has 4 rings (SSSR count). The number of aromatic nitrogens is 3. The second kappa shape index (κ2) is 7.32. The molecule has 27 heavy (non-hydrogen) atoms. The van der Waals surface area contributed by atoms with Gasteiger partial charge in [0.1, 0.15) is 5.69 Å². The van der Waals surface area contributed by atoms with Crippen molar-refractivity contribution in [2.75, 3.05) is 5.32 Å². The van der Waals surface area contributed by atoms with E-state index < -0.39 is 0 Å². The average Bonchev–Trinajstić information content (AvgIpc) is 3.31. The number of fused-ring (bicyclic) bond motifs is 1. The second-order valence-corrected chi connectivity index (χ2v) is 7.53. The number of nitrogens with one attached hydrogen (secondary N) is 2. The molecule has 4 aromatic rings. The molecule has 1 amide bonds. The smallest absolute Gasteiger partial charge is 0.232 e. The van der Waals surface area contributed by atoms with Gasteiger partial charge in [-0.2, -0.15) is 0 Å². The Morgan fingerprint density at radius 2 is 1.96 bits per heavy atom. The molecule has 5 nitrogen and oxygen atoms in total. The molecule has 0 spiro atoms. The summed E-state index contributed by atoms with van der Waals surface area (Å²) in [5.41, 5.74) is 6.10. The fourth-order valence-electron chi connectivity index (χ4n) is 3.26. The van der Waals surface area contributed by atoms with Crippen molar-refractivity contribution in [3.05, 3.63) is 65.0 Å². The van der Waals surface area contributed by atoms with Crippen molar-refractivity contribution in [2.24, 2.45) is 5.92 Å². The number of H-pyrrole nitrogens is 1. The first-order valence-corrected chi connectivity index (χ1v) is 9.80. The Morgan fingerprint density at radius 3 is 2.67 bits per heavy atom. The van der Waals surface area contributed by atoms with Crippen LogP contribution in [-0.2, 0) is 4.79 Å². The number of hydrogen-bond acceptors (Lipinski definition) is 4. The Kier molecular flexibility index (Phi) is 4.73. The van der Waals surface area contributed by atoms with Gasteiger partial charge in [0.25, 0.3) is 0 Å². The van der Waals surface area contributed by atoms with Gasteiger partial charge in [0.2, 0.25) is 5.91 Å². The molecule has 136 valence electrons. The zero-order chi connectivity index (χ0) is 18.8. The largest absolute Gasteiger partial charge is 0.337 e. The predicted octanol–water partition coefficient (Wildman–Crippen LogP) is 5.06. The van der Waals surface area contributed by atoms with Crippen LogP contribution in [0.25, 0.3) is 22.6 Å². The Labute approximate surface area is 161 Å². The Balaban J connectivity index is 1.59. The Hall–Kier alpha value is -2.99. The van der Waals surface area contributed by atoms with E-state index in [0.717, 1.165) is 33.8 Å². The first kappa shape index (κ1) is 17.4. The number of aromatic amines is 1. The van der Waals surface area contributed by atoms with Gasteiger partial charge in [-0.05, 0) is 29.7 Å². The third-order valence-corrected chi connectivity index (χ3v) is 5.12. The van der Waals surface area contributed by atoms with Crippen molar-refractivity contribution < 1.29 is 4.79 Å². The van der Waals surface area contributed by atoms with Crippen LogP contribution in [0.1, 0.15) is 25.3 Å². The third kappa shape index (κ3) is 3.61. The van der Waals surface area contributed by atoms with Crippen LogP contribution >= 0.6 is 11.3 Å². The number of hydrogen-bond donors (Lipinski definition) is 2. The van der Waals surface area contributed by atoms with Gasteiger partial charge >= 0.3 is 0 Å². The summed E-state index contributed by atoms with van der Waals surface area (Å²) < 4.78 is 0. The zero-order valence-corrected chi connectivity index (χ0v) is 16.0. The van der Waals surface area contributed by atoms with Crippen LogP contribution < -0.4 is 5.32 Å². The van der Waals surface area contributed by atoms with E-state index in [0.29, 0.717) is 0 Å². The minimum Gasteiger partial charge on any atom is -0.337 e.